The Kier molecular flexibility index (Phi) is 3.82. The Morgan fingerprint density at radius 1 is 1.44 bits per heavy atom. The van der Waals surface area contributed by atoms with Gasteiger partial charge in [-0.3, -0.25) is 4.90 Å². The Labute approximate surface area is 103 Å². The molecule has 0 aromatic heterocycles. The lowest BCUT2D eigenvalue weighted by molar-refractivity contribution is 0.0728. The van der Waals surface area contributed by atoms with Crippen LogP contribution in [0.3, 0.4) is 0 Å². The summed E-state index contributed by atoms with van der Waals surface area (Å²) in [5, 5.41) is 9.37. The predicted molar refractivity (Wildman–Crippen MR) is 69.4 cm³/mol. The first-order valence-electron chi connectivity index (χ1n) is 6.28. The van der Waals surface area contributed by atoms with Crippen LogP contribution < -0.4 is 5.73 Å². The summed E-state index contributed by atoms with van der Waals surface area (Å²) < 4.78 is 0. The van der Waals surface area contributed by atoms with Crippen molar-refractivity contribution in [3.63, 3.8) is 0 Å². The van der Waals surface area contributed by atoms with Crippen molar-refractivity contribution in [1.82, 2.24) is 4.90 Å². The van der Waals surface area contributed by atoms with Crippen molar-refractivity contribution in [2.45, 2.75) is 44.6 Å². The SMILES string of the molecule is NC(=S)CC1(CN2CCCCC2CO)CC1. The second kappa shape index (κ2) is 4.98. The maximum atomic E-state index is 9.37. The third-order valence-electron chi connectivity index (χ3n) is 4.00. The van der Waals surface area contributed by atoms with Crippen LogP contribution in [0.25, 0.3) is 0 Å². The lowest BCUT2D eigenvalue weighted by atomic mass is 9.96. The number of nitrogens with two attached hydrogens (primary N) is 1. The molecule has 0 spiro atoms. The van der Waals surface area contributed by atoms with Crippen LogP contribution in [-0.2, 0) is 0 Å². The van der Waals surface area contributed by atoms with Crippen LogP contribution >= 0.6 is 12.2 Å². The third kappa shape index (κ3) is 2.93. The summed E-state index contributed by atoms with van der Waals surface area (Å²) in [5.41, 5.74) is 6.01. The van der Waals surface area contributed by atoms with Crippen LogP contribution in [0.5, 0.6) is 0 Å². The fraction of sp³-hybridized carbons (Fsp3) is 0.917. The van der Waals surface area contributed by atoms with E-state index in [0.717, 1.165) is 25.9 Å². The van der Waals surface area contributed by atoms with Gasteiger partial charge in [0.05, 0.1) is 11.6 Å². The molecule has 0 aromatic rings. The highest BCUT2D eigenvalue weighted by molar-refractivity contribution is 7.80. The van der Waals surface area contributed by atoms with Crippen LogP contribution in [0, 0.1) is 5.41 Å². The number of nitrogens with zero attached hydrogens (tertiary/aromatic N) is 1. The van der Waals surface area contributed by atoms with Gasteiger partial charge in [0.2, 0.25) is 0 Å². The molecule has 1 saturated carbocycles. The van der Waals surface area contributed by atoms with Gasteiger partial charge in [-0.15, -0.1) is 0 Å². The van der Waals surface area contributed by atoms with Crippen LogP contribution in [0.15, 0.2) is 0 Å². The highest BCUT2D eigenvalue weighted by Crippen LogP contribution is 2.49. The molecule has 2 aliphatic rings. The maximum absolute atomic E-state index is 9.37. The van der Waals surface area contributed by atoms with Crippen LogP contribution in [-0.4, -0.2) is 40.7 Å². The van der Waals surface area contributed by atoms with E-state index in [1.165, 1.54) is 25.7 Å². The van der Waals surface area contributed by atoms with Gasteiger partial charge in [-0.05, 0) is 37.6 Å². The lowest BCUT2D eigenvalue weighted by Crippen LogP contribution is -2.45. The molecule has 0 amide bonds. The number of aliphatic hydroxyl groups is 1. The maximum Gasteiger partial charge on any atom is 0.0733 e. The van der Waals surface area contributed by atoms with E-state index in [4.69, 9.17) is 18.0 Å². The molecule has 4 heteroatoms. The Balaban J connectivity index is 1.89. The number of thiocarbonyl (C=S) groups is 1. The first-order chi connectivity index (χ1) is 7.65. The van der Waals surface area contributed by atoms with E-state index in [2.05, 4.69) is 4.90 Å². The van der Waals surface area contributed by atoms with E-state index in [1.54, 1.807) is 0 Å². The summed E-state index contributed by atoms with van der Waals surface area (Å²) in [6.07, 6.45) is 7.04. The van der Waals surface area contributed by atoms with Crippen molar-refractivity contribution in [3.8, 4) is 0 Å². The highest BCUT2D eigenvalue weighted by Gasteiger charge is 2.45. The Hall–Kier alpha value is -0.190. The minimum absolute atomic E-state index is 0.295. The largest absolute Gasteiger partial charge is 0.395 e. The van der Waals surface area contributed by atoms with Crippen molar-refractivity contribution in [3.05, 3.63) is 0 Å². The standard InChI is InChI=1S/C12H22N2OS/c13-11(16)7-12(4-5-12)9-14-6-2-1-3-10(14)8-15/h10,15H,1-9H2,(H2,13,16). The summed E-state index contributed by atoms with van der Waals surface area (Å²) in [6.45, 7) is 2.50. The van der Waals surface area contributed by atoms with Gasteiger partial charge in [0, 0.05) is 19.0 Å². The van der Waals surface area contributed by atoms with Crippen LogP contribution in [0.2, 0.25) is 0 Å². The summed E-state index contributed by atoms with van der Waals surface area (Å²) >= 11 is 5.02. The molecule has 1 saturated heterocycles. The van der Waals surface area contributed by atoms with Crippen molar-refractivity contribution >= 4 is 17.2 Å². The Morgan fingerprint density at radius 3 is 2.75 bits per heavy atom. The summed E-state index contributed by atoms with van der Waals surface area (Å²) in [5.74, 6) is 0. The molecule has 1 heterocycles. The second-order valence-electron chi connectivity index (χ2n) is 5.45. The highest BCUT2D eigenvalue weighted by atomic mass is 32.1. The first kappa shape index (κ1) is 12.3. The molecule has 1 aliphatic heterocycles. The molecule has 3 nitrogen and oxygen atoms in total. The Morgan fingerprint density at radius 2 is 2.19 bits per heavy atom. The van der Waals surface area contributed by atoms with Gasteiger partial charge in [0.25, 0.3) is 0 Å². The van der Waals surface area contributed by atoms with E-state index in [1.807, 2.05) is 0 Å². The number of piperidine rings is 1. The number of hydrogen-bond donors (Lipinski definition) is 2. The summed E-state index contributed by atoms with van der Waals surface area (Å²) in [7, 11) is 0. The summed E-state index contributed by atoms with van der Waals surface area (Å²) in [6, 6.07) is 0.373. The molecule has 2 fully saturated rings. The van der Waals surface area contributed by atoms with E-state index < -0.39 is 0 Å². The average molecular weight is 242 g/mol. The predicted octanol–water partition coefficient (Wildman–Crippen LogP) is 1.29. The van der Waals surface area contributed by atoms with Gasteiger partial charge in [-0.1, -0.05) is 18.6 Å². The fourth-order valence-electron chi connectivity index (χ4n) is 2.84. The number of likely N-dealkylation sites (tertiary alicyclic amines) is 1. The quantitative estimate of drug-likeness (QED) is 0.713. The molecule has 16 heavy (non-hydrogen) atoms. The molecule has 0 aromatic carbocycles. The molecule has 0 bridgehead atoms. The summed E-state index contributed by atoms with van der Waals surface area (Å²) in [4.78, 5) is 3.10. The van der Waals surface area contributed by atoms with E-state index in [9.17, 15) is 5.11 Å². The minimum atomic E-state index is 0.295. The first-order valence-corrected chi connectivity index (χ1v) is 6.69. The second-order valence-corrected chi connectivity index (χ2v) is 5.97. The average Bonchev–Trinajstić information content (AvgIpc) is 2.97. The third-order valence-corrected chi connectivity index (χ3v) is 4.15. The van der Waals surface area contributed by atoms with Gasteiger partial charge in [-0.2, -0.15) is 0 Å². The minimum Gasteiger partial charge on any atom is -0.395 e. The van der Waals surface area contributed by atoms with Gasteiger partial charge in [-0.25, -0.2) is 0 Å². The number of rotatable bonds is 5. The van der Waals surface area contributed by atoms with E-state index in [0.29, 0.717) is 23.1 Å². The van der Waals surface area contributed by atoms with E-state index in [-0.39, 0.29) is 0 Å². The van der Waals surface area contributed by atoms with Gasteiger partial charge in [0.15, 0.2) is 0 Å². The zero-order valence-electron chi connectivity index (χ0n) is 9.82. The lowest BCUT2D eigenvalue weighted by Gasteiger charge is -2.37. The van der Waals surface area contributed by atoms with Crippen molar-refractivity contribution < 1.29 is 5.11 Å². The zero-order chi connectivity index (χ0) is 11.6. The van der Waals surface area contributed by atoms with Gasteiger partial charge < -0.3 is 10.8 Å². The fourth-order valence-corrected chi connectivity index (χ4v) is 3.15. The molecular weight excluding hydrogens is 220 g/mol. The van der Waals surface area contributed by atoms with Crippen molar-refractivity contribution in [1.29, 1.82) is 0 Å². The monoisotopic (exact) mass is 242 g/mol. The molecule has 1 atom stereocenters. The number of hydrogen-bond acceptors (Lipinski definition) is 3. The molecular formula is C12H22N2OS. The van der Waals surface area contributed by atoms with Crippen LogP contribution in [0.1, 0.15) is 38.5 Å². The topological polar surface area (TPSA) is 49.5 Å². The molecule has 92 valence electrons. The molecule has 2 rings (SSSR count). The van der Waals surface area contributed by atoms with Gasteiger partial charge in [0.1, 0.15) is 0 Å². The number of aliphatic hydroxyl groups excluding tert-OH is 1. The van der Waals surface area contributed by atoms with Crippen LogP contribution in [0.4, 0.5) is 0 Å². The smallest absolute Gasteiger partial charge is 0.0733 e. The van der Waals surface area contributed by atoms with Gasteiger partial charge >= 0.3 is 0 Å². The Bertz CT molecular complexity index is 266. The van der Waals surface area contributed by atoms with Crippen molar-refractivity contribution in [2.24, 2.45) is 11.1 Å². The molecule has 3 N–H and O–H groups in total. The van der Waals surface area contributed by atoms with Crippen molar-refractivity contribution in [2.75, 3.05) is 19.7 Å². The normalized spacial score (nSPS) is 28.9. The molecule has 0 radical (unpaired) electrons. The van der Waals surface area contributed by atoms with E-state index >= 15 is 0 Å². The molecule has 1 unspecified atom stereocenters. The molecule has 1 aliphatic carbocycles. The zero-order valence-corrected chi connectivity index (χ0v) is 10.6.